The van der Waals surface area contributed by atoms with Crippen LogP contribution >= 0.6 is 0 Å². The SMILES string of the molecule is C=C(C)C(=O)OCCCCCN(c1ccc(C2=C([O-])C(=C3C=CC(=[N+](CCCCCOC(=O)C(=C)C)c4ccc(C)cc4C)C=C3)C2=O)cc1)c1ccc(C)cc1C.O=C1NCc2ccc(cc2)CNC(=O)c2cccc(c2)C(=O)NCC2CCC(CC2)CNC(=O)c2cccc1c2. The van der Waals surface area contributed by atoms with Crippen LogP contribution in [0.2, 0.25) is 0 Å². The maximum atomic E-state index is 13.6. The van der Waals surface area contributed by atoms with Crippen LogP contribution in [0.5, 0.6) is 0 Å². The van der Waals surface area contributed by atoms with Gasteiger partial charge in [-0.25, -0.2) is 9.59 Å². The molecule has 6 aromatic rings. The second kappa shape index (κ2) is 34.5. The number of esters is 2. The Labute approximate surface area is 576 Å². The minimum absolute atomic E-state index is 0.185. The number of allylic oxidation sites excluding steroid dienone is 7. The van der Waals surface area contributed by atoms with Gasteiger partial charge >= 0.3 is 11.9 Å². The van der Waals surface area contributed by atoms with Crippen molar-refractivity contribution in [2.24, 2.45) is 11.8 Å². The van der Waals surface area contributed by atoms with Crippen molar-refractivity contribution >= 4 is 69.7 Å². The Morgan fingerprint density at radius 3 is 1.46 bits per heavy atom. The molecule has 0 unspecified atom stereocenters. The number of amides is 4. The molecule has 4 heterocycles. The number of carbonyl (C=O) groups excluding carboxylic acids is 7. The van der Waals surface area contributed by atoms with Crippen molar-refractivity contribution in [2.75, 3.05) is 44.3 Å². The number of ketones is 1. The van der Waals surface area contributed by atoms with Gasteiger partial charge in [-0.05, 0) is 212 Å². The van der Waals surface area contributed by atoms with Gasteiger partial charge in [0.2, 0.25) is 11.4 Å². The number of Topliss-reactive ketones (excluding diaryl/α,β-unsaturated/α-hetero) is 1. The van der Waals surface area contributed by atoms with Gasteiger partial charge in [-0.15, -0.1) is 0 Å². The summed E-state index contributed by atoms with van der Waals surface area (Å²) in [5, 5.41) is 25.5. The third-order valence-corrected chi connectivity index (χ3v) is 18.1. The van der Waals surface area contributed by atoms with E-state index in [0.29, 0.717) is 95.8 Å². The second-order valence-corrected chi connectivity index (χ2v) is 26.0. The molecule has 3 aliphatic carbocycles. The zero-order valence-corrected chi connectivity index (χ0v) is 57.3. The molecule has 0 atom stereocenters. The van der Waals surface area contributed by atoms with Crippen molar-refractivity contribution in [2.45, 2.75) is 119 Å². The summed E-state index contributed by atoms with van der Waals surface area (Å²) in [6.45, 7) is 22.9. The summed E-state index contributed by atoms with van der Waals surface area (Å²) in [6, 6.07) is 41.5. The summed E-state index contributed by atoms with van der Waals surface area (Å²) in [6.07, 6.45) is 16.6. The van der Waals surface area contributed by atoms with Crippen molar-refractivity contribution in [1.29, 1.82) is 0 Å². The summed E-state index contributed by atoms with van der Waals surface area (Å²) in [4.78, 5) is 90.5. The quantitative estimate of drug-likeness (QED) is 0.0275. The van der Waals surface area contributed by atoms with Gasteiger partial charge in [0.25, 0.3) is 23.6 Å². The van der Waals surface area contributed by atoms with Crippen LogP contribution < -0.4 is 31.3 Å². The maximum Gasteiger partial charge on any atom is 0.333 e. The molecule has 4 N–H and O–H groups in total. The summed E-state index contributed by atoms with van der Waals surface area (Å²) < 4.78 is 12.8. The molecule has 8 bridgehead atoms. The highest BCUT2D eigenvalue weighted by molar-refractivity contribution is 6.39. The fourth-order valence-electron chi connectivity index (χ4n) is 12.5. The number of carbonyl (C=O) groups is 7. The van der Waals surface area contributed by atoms with Gasteiger partial charge < -0.3 is 40.7 Å². The van der Waals surface area contributed by atoms with Crippen molar-refractivity contribution in [3.05, 3.63) is 260 Å². The lowest BCUT2D eigenvalue weighted by Crippen LogP contribution is -2.34. The van der Waals surface area contributed by atoms with Crippen LogP contribution in [0.1, 0.15) is 158 Å². The summed E-state index contributed by atoms with van der Waals surface area (Å²) >= 11 is 0. The molecule has 4 amide bonds. The molecule has 1 fully saturated rings. The molecule has 508 valence electrons. The summed E-state index contributed by atoms with van der Waals surface area (Å²) in [5.41, 5.74) is 14.8. The van der Waals surface area contributed by atoms with Gasteiger partial charge in [0.05, 0.1) is 13.2 Å². The monoisotopic (exact) mass is 1320 g/mol. The van der Waals surface area contributed by atoms with E-state index >= 15 is 0 Å². The highest BCUT2D eigenvalue weighted by Gasteiger charge is 2.32. The van der Waals surface area contributed by atoms with Crippen LogP contribution in [0.3, 0.4) is 0 Å². The zero-order valence-electron chi connectivity index (χ0n) is 57.3. The molecule has 1 saturated carbocycles. The minimum Gasteiger partial charge on any atom is -0.871 e. The van der Waals surface area contributed by atoms with Crippen LogP contribution in [0.15, 0.2) is 199 Å². The van der Waals surface area contributed by atoms with Gasteiger partial charge in [-0.1, -0.05) is 96.8 Å². The molecular formula is C82H90N6O10. The van der Waals surface area contributed by atoms with E-state index in [1.807, 2.05) is 72.8 Å². The van der Waals surface area contributed by atoms with Crippen LogP contribution in [-0.2, 0) is 36.9 Å². The molecule has 16 nitrogen and oxygen atoms in total. The van der Waals surface area contributed by atoms with Gasteiger partial charge in [-0.2, -0.15) is 4.58 Å². The molecule has 13 rings (SSSR count). The summed E-state index contributed by atoms with van der Waals surface area (Å²) in [5.74, 6) is -1.34. The second-order valence-electron chi connectivity index (χ2n) is 26.0. The van der Waals surface area contributed by atoms with E-state index in [4.69, 9.17) is 9.47 Å². The average molecular weight is 1320 g/mol. The van der Waals surface area contributed by atoms with Gasteiger partial charge in [0.15, 0.2) is 5.78 Å². The highest BCUT2D eigenvalue weighted by atomic mass is 16.5. The van der Waals surface area contributed by atoms with Gasteiger partial charge in [0, 0.05) is 119 Å². The number of rotatable bonds is 18. The van der Waals surface area contributed by atoms with Crippen LogP contribution in [0.25, 0.3) is 5.57 Å². The van der Waals surface area contributed by atoms with Crippen molar-refractivity contribution < 1.29 is 52.7 Å². The van der Waals surface area contributed by atoms with E-state index in [2.05, 4.69) is 108 Å². The van der Waals surface area contributed by atoms with Crippen molar-refractivity contribution in [3.8, 4) is 0 Å². The van der Waals surface area contributed by atoms with Crippen molar-refractivity contribution in [3.63, 3.8) is 0 Å². The summed E-state index contributed by atoms with van der Waals surface area (Å²) in [7, 11) is 0. The topological polar surface area (TPSA) is 215 Å². The first-order chi connectivity index (χ1) is 47.2. The number of hydrogen-bond acceptors (Lipinski definition) is 11. The lowest BCUT2D eigenvalue weighted by Gasteiger charge is -2.32. The fraction of sp³-hybridized carbons (Fsp3) is 0.317. The molecule has 0 spiro atoms. The lowest BCUT2D eigenvalue weighted by atomic mass is 9.80. The molecular weight excluding hydrogens is 1230 g/mol. The molecule has 0 aromatic heterocycles. The largest absolute Gasteiger partial charge is 0.871 e. The molecule has 0 radical (unpaired) electrons. The first-order valence-electron chi connectivity index (χ1n) is 34.0. The van der Waals surface area contributed by atoms with Crippen molar-refractivity contribution in [1.82, 2.24) is 21.3 Å². The van der Waals surface area contributed by atoms with Gasteiger partial charge in [-0.3, -0.25) is 24.0 Å². The molecule has 6 aromatic carbocycles. The number of ether oxygens (including phenoxy) is 2. The zero-order chi connectivity index (χ0) is 69.8. The molecule has 7 aliphatic rings. The molecule has 4 aliphatic heterocycles. The van der Waals surface area contributed by atoms with Crippen LogP contribution in [0.4, 0.5) is 17.1 Å². The Morgan fingerprint density at radius 1 is 0.520 bits per heavy atom. The third kappa shape index (κ3) is 19.4. The number of nitrogens with one attached hydrogen (secondary N) is 4. The number of nitrogens with zero attached hydrogens (tertiary/aromatic N) is 2. The molecule has 0 saturated heterocycles. The lowest BCUT2D eigenvalue weighted by molar-refractivity contribution is -0.440. The van der Waals surface area contributed by atoms with E-state index in [1.54, 1.807) is 62.4 Å². The Kier molecular flexibility index (Phi) is 25.2. The molecule has 16 heteroatoms. The predicted octanol–water partition coefficient (Wildman–Crippen LogP) is 13.3. The Bertz CT molecular complexity index is 4040. The van der Waals surface area contributed by atoms with Gasteiger partial charge in [0.1, 0.15) is 6.54 Å². The first kappa shape index (κ1) is 71.8. The van der Waals surface area contributed by atoms with E-state index in [-0.39, 0.29) is 58.3 Å². The van der Waals surface area contributed by atoms with E-state index < -0.39 is 0 Å². The number of hydrogen-bond donors (Lipinski definition) is 4. The number of anilines is 2. The first-order valence-corrected chi connectivity index (χ1v) is 34.0. The standard InChI is InChI=1S/C50H56N2O6.C32H34N4O4/c1-33(2)49(55)57-29-13-9-11-27-51(43-25-15-35(5)31-37(43)7)41-21-17-39(18-22-41)45-47(53)46(48(45)54)40-19-23-42(24-20-40)52(44-26-16-36(6)32-38(44)8)28-12-10-14-30-58-50(56)34(3)4;37-29-25-3-1-4-26(15-25)30(38)34-18-22-9-13-24(14-10-22)20-36-32(40)28-6-2-5-27(16-28)31(39)35-19-23-11-7-21(8-12-23)17-33-29/h15-26,31-32H,1,3,9-14,27-30H2,2,4-8H3;1-8,11-12,15-16,22,24H,9-10,13-14,17-20H2,(H,33,37)(H,34,38)(H,35,39)(H,36,40). The average Bonchev–Trinajstić information content (AvgIpc) is 0.746. The Morgan fingerprint density at radius 2 is 0.990 bits per heavy atom. The van der Waals surface area contributed by atoms with Crippen LogP contribution in [0, 0.1) is 39.5 Å². The third-order valence-electron chi connectivity index (χ3n) is 18.1. The normalized spacial score (nSPS) is 16.4. The van der Waals surface area contributed by atoms with E-state index in [9.17, 15) is 38.7 Å². The molecule has 98 heavy (non-hydrogen) atoms. The smallest absolute Gasteiger partial charge is 0.333 e. The Balaban J connectivity index is 0.000000245. The number of unbranched alkanes of at least 4 members (excludes halogenated alkanes) is 4. The Hall–Kier alpha value is -10.5. The van der Waals surface area contributed by atoms with E-state index in [0.717, 1.165) is 122 Å². The minimum atomic E-state index is -0.363. The fourth-order valence-corrected chi connectivity index (χ4v) is 12.5. The van der Waals surface area contributed by atoms with Crippen LogP contribution in [-0.4, -0.2) is 91.0 Å². The number of benzene rings is 6. The van der Waals surface area contributed by atoms with E-state index in [1.165, 1.54) is 11.1 Å². The maximum absolute atomic E-state index is 13.6. The number of aryl methyl sites for hydroxylation is 4. The predicted molar refractivity (Wildman–Crippen MR) is 383 cm³/mol. The highest BCUT2D eigenvalue weighted by Crippen LogP contribution is 2.39.